The third-order valence-corrected chi connectivity index (χ3v) is 3.24. The van der Waals surface area contributed by atoms with E-state index in [1.807, 2.05) is 13.0 Å². The van der Waals surface area contributed by atoms with Crippen LogP contribution in [0, 0.1) is 23.0 Å². The molecular weight excluding hydrogens is 304 g/mol. The van der Waals surface area contributed by atoms with Gasteiger partial charge in [-0.2, -0.15) is 5.26 Å². The first kappa shape index (κ1) is 12.7. The molecule has 0 atom stereocenters. The van der Waals surface area contributed by atoms with E-state index >= 15 is 0 Å². The minimum absolute atomic E-state index is 0.0261. The topological polar surface area (TPSA) is 48.7 Å². The summed E-state index contributed by atoms with van der Waals surface area (Å²) in [4.78, 5) is 3.86. The molecule has 0 aliphatic carbocycles. The highest BCUT2D eigenvalue weighted by atomic mass is 79.9. The first-order valence-corrected chi connectivity index (χ1v) is 5.99. The molecule has 0 amide bonds. The molecule has 0 radical (unpaired) electrons. The molecule has 1 aromatic carbocycles. The molecule has 0 saturated heterocycles. The summed E-state index contributed by atoms with van der Waals surface area (Å²) in [6.07, 6.45) is 1.27. The van der Waals surface area contributed by atoms with Crippen LogP contribution in [0.5, 0.6) is 0 Å². The van der Waals surface area contributed by atoms with Gasteiger partial charge in [0.05, 0.1) is 15.7 Å². The van der Waals surface area contributed by atoms with Crippen LogP contribution in [0.2, 0.25) is 0 Å². The smallest absolute Gasteiger partial charge is 0.152 e. The van der Waals surface area contributed by atoms with E-state index in [1.54, 1.807) is 0 Å². The summed E-state index contributed by atoms with van der Waals surface area (Å²) >= 11 is 3.07. The van der Waals surface area contributed by atoms with Crippen molar-refractivity contribution in [3.05, 3.63) is 33.9 Å². The van der Waals surface area contributed by atoms with Gasteiger partial charge in [0.1, 0.15) is 17.4 Å². The average Bonchev–Trinajstić information content (AvgIpc) is 2.36. The SMILES string of the molecule is CCNc1c(C#N)cnc2c(F)cc(F)c(Br)c12. The molecule has 2 rings (SSSR count). The predicted molar refractivity (Wildman–Crippen MR) is 68.2 cm³/mol. The molecule has 6 heteroatoms. The zero-order valence-corrected chi connectivity index (χ0v) is 11.0. The monoisotopic (exact) mass is 311 g/mol. The molecule has 0 bridgehead atoms. The van der Waals surface area contributed by atoms with Crippen LogP contribution in [0.25, 0.3) is 10.9 Å². The van der Waals surface area contributed by atoms with E-state index in [0.717, 1.165) is 6.07 Å². The average molecular weight is 312 g/mol. The Morgan fingerprint density at radius 2 is 2.17 bits per heavy atom. The molecule has 0 saturated carbocycles. The number of aromatic nitrogens is 1. The summed E-state index contributed by atoms with van der Waals surface area (Å²) in [5, 5.41) is 12.2. The van der Waals surface area contributed by atoms with Gasteiger partial charge in [0, 0.05) is 24.2 Å². The van der Waals surface area contributed by atoms with Crippen molar-refractivity contribution in [1.82, 2.24) is 4.98 Å². The zero-order chi connectivity index (χ0) is 13.3. The third kappa shape index (κ3) is 1.91. The number of benzene rings is 1. The Bertz CT molecular complexity index is 665. The van der Waals surface area contributed by atoms with Gasteiger partial charge in [0.15, 0.2) is 5.82 Å². The number of hydrogen-bond donors (Lipinski definition) is 1. The molecule has 1 heterocycles. The number of fused-ring (bicyclic) bond motifs is 1. The Balaban J connectivity index is 2.95. The number of nitrogens with zero attached hydrogens (tertiary/aromatic N) is 2. The van der Waals surface area contributed by atoms with Crippen LogP contribution in [0.15, 0.2) is 16.7 Å². The van der Waals surface area contributed by atoms with Crippen LogP contribution < -0.4 is 5.32 Å². The fourth-order valence-corrected chi connectivity index (χ4v) is 2.21. The number of anilines is 1. The van der Waals surface area contributed by atoms with Crippen molar-refractivity contribution >= 4 is 32.5 Å². The molecule has 1 N–H and O–H groups in total. The highest BCUT2D eigenvalue weighted by Crippen LogP contribution is 2.35. The number of nitrogens with one attached hydrogen (secondary N) is 1. The van der Waals surface area contributed by atoms with Gasteiger partial charge in [0.2, 0.25) is 0 Å². The van der Waals surface area contributed by atoms with Gasteiger partial charge in [-0.15, -0.1) is 0 Å². The predicted octanol–water partition coefficient (Wildman–Crippen LogP) is 3.58. The van der Waals surface area contributed by atoms with Gasteiger partial charge in [-0.25, -0.2) is 8.78 Å². The summed E-state index contributed by atoms with van der Waals surface area (Å²) in [7, 11) is 0. The van der Waals surface area contributed by atoms with Crippen molar-refractivity contribution in [2.75, 3.05) is 11.9 Å². The van der Waals surface area contributed by atoms with Crippen molar-refractivity contribution in [2.24, 2.45) is 0 Å². The van der Waals surface area contributed by atoms with Crippen LogP contribution in [0.4, 0.5) is 14.5 Å². The molecule has 92 valence electrons. The quantitative estimate of drug-likeness (QED) is 0.862. The van der Waals surface area contributed by atoms with Gasteiger partial charge < -0.3 is 5.32 Å². The van der Waals surface area contributed by atoms with E-state index in [-0.39, 0.29) is 20.9 Å². The summed E-state index contributed by atoms with van der Waals surface area (Å²) in [6, 6.07) is 2.71. The molecule has 2 aromatic rings. The van der Waals surface area contributed by atoms with Crippen LogP contribution in [-0.4, -0.2) is 11.5 Å². The normalized spacial score (nSPS) is 10.4. The number of halogens is 3. The molecule has 0 unspecified atom stereocenters. The maximum atomic E-state index is 13.6. The fraction of sp³-hybridized carbons (Fsp3) is 0.167. The Hall–Kier alpha value is -1.74. The molecule has 0 aliphatic rings. The Kier molecular flexibility index (Phi) is 3.43. The number of pyridine rings is 1. The Morgan fingerprint density at radius 1 is 1.44 bits per heavy atom. The maximum Gasteiger partial charge on any atom is 0.152 e. The molecule has 3 nitrogen and oxygen atoms in total. The molecule has 0 spiro atoms. The summed E-state index contributed by atoms with van der Waals surface area (Å²) in [5.41, 5.74) is 0.656. The van der Waals surface area contributed by atoms with Crippen molar-refractivity contribution in [1.29, 1.82) is 5.26 Å². The van der Waals surface area contributed by atoms with Gasteiger partial charge >= 0.3 is 0 Å². The molecule has 0 aliphatic heterocycles. The van der Waals surface area contributed by atoms with Crippen LogP contribution >= 0.6 is 15.9 Å². The minimum Gasteiger partial charge on any atom is -0.384 e. The summed E-state index contributed by atoms with van der Waals surface area (Å²) in [5.74, 6) is -1.48. The second-order valence-electron chi connectivity index (χ2n) is 3.57. The van der Waals surface area contributed by atoms with Gasteiger partial charge in [0.25, 0.3) is 0 Å². The first-order valence-electron chi connectivity index (χ1n) is 5.20. The largest absolute Gasteiger partial charge is 0.384 e. The number of rotatable bonds is 2. The van der Waals surface area contributed by atoms with Crippen molar-refractivity contribution < 1.29 is 8.78 Å². The lowest BCUT2D eigenvalue weighted by Gasteiger charge is -2.11. The molecule has 18 heavy (non-hydrogen) atoms. The van der Waals surface area contributed by atoms with E-state index in [2.05, 4.69) is 26.2 Å². The second-order valence-corrected chi connectivity index (χ2v) is 4.36. The molecular formula is C12H8BrF2N3. The minimum atomic E-state index is -0.755. The standard InChI is InChI=1S/C12H8BrF2N3/c1-2-17-11-6(4-16)5-18-12-8(15)3-7(14)10(13)9(11)12/h3,5H,2H2,1H3,(H,17,18). The number of nitriles is 1. The Morgan fingerprint density at radius 3 is 2.78 bits per heavy atom. The van der Waals surface area contributed by atoms with Crippen LogP contribution in [0.3, 0.4) is 0 Å². The van der Waals surface area contributed by atoms with E-state index in [1.165, 1.54) is 6.20 Å². The lowest BCUT2D eigenvalue weighted by molar-refractivity contribution is 0.586. The van der Waals surface area contributed by atoms with Gasteiger partial charge in [-0.05, 0) is 22.9 Å². The van der Waals surface area contributed by atoms with Crippen LogP contribution in [0.1, 0.15) is 12.5 Å². The lowest BCUT2D eigenvalue weighted by atomic mass is 10.1. The van der Waals surface area contributed by atoms with Gasteiger partial charge in [-0.1, -0.05) is 0 Å². The van der Waals surface area contributed by atoms with E-state index in [9.17, 15) is 8.78 Å². The third-order valence-electron chi connectivity index (χ3n) is 2.46. The lowest BCUT2D eigenvalue weighted by Crippen LogP contribution is -2.03. The second kappa shape index (κ2) is 4.86. The van der Waals surface area contributed by atoms with E-state index in [4.69, 9.17) is 5.26 Å². The maximum absolute atomic E-state index is 13.6. The summed E-state index contributed by atoms with van der Waals surface area (Å²) < 4.78 is 27.3. The highest BCUT2D eigenvalue weighted by molar-refractivity contribution is 9.10. The Labute approximate surface area is 111 Å². The first-order chi connectivity index (χ1) is 8.60. The molecule has 1 aromatic heterocycles. The van der Waals surface area contributed by atoms with E-state index < -0.39 is 11.6 Å². The van der Waals surface area contributed by atoms with E-state index in [0.29, 0.717) is 12.2 Å². The van der Waals surface area contributed by atoms with Gasteiger partial charge in [-0.3, -0.25) is 4.98 Å². The van der Waals surface area contributed by atoms with Crippen LogP contribution in [-0.2, 0) is 0 Å². The zero-order valence-electron chi connectivity index (χ0n) is 9.39. The van der Waals surface area contributed by atoms with Crippen molar-refractivity contribution in [2.45, 2.75) is 6.92 Å². The highest BCUT2D eigenvalue weighted by Gasteiger charge is 2.17. The van der Waals surface area contributed by atoms with Crippen molar-refractivity contribution in [3.8, 4) is 6.07 Å². The number of hydrogen-bond acceptors (Lipinski definition) is 3. The molecule has 0 fully saturated rings. The summed E-state index contributed by atoms with van der Waals surface area (Å²) in [6.45, 7) is 2.36. The van der Waals surface area contributed by atoms with Crippen molar-refractivity contribution in [3.63, 3.8) is 0 Å². The fourth-order valence-electron chi connectivity index (χ4n) is 1.71.